The molecule has 16 heavy (non-hydrogen) atoms. The molecule has 0 bridgehead atoms. The summed E-state index contributed by atoms with van der Waals surface area (Å²) in [5, 5.41) is 2.93. The topological polar surface area (TPSA) is 67.6 Å². The fraction of sp³-hybridized carbons (Fsp3) is 0.909. The fourth-order valence-corrected chi connectivity index (χ4v) is 2.21. The van der Waals surface area contributed by atoms with Crippen LogP contribution in [-0.4, -0.2) is 55.7 Å². The highest BCUT2D eigenvalue weighted by Gasteiger charge is 2.23. The molecule has 3 N–H and O–H groups in total. The van der Waals surface area contributed by atoms with Crippen LogP contribution in [0.3, 0.4) is 0 Å². The SMILES string of the molecule is CNC(CCN1C[C@@H](C)O[C@@H](C)C1)C(N)=O. The Kier molecular flexibility index (Phi) is 5.18. The monoisotopic (exact) mass is 229 g/mol. The Bertz CT molecular complexity index is 225. The number of primary amides is 1. The molecule has 0 aromatic rings. The molecule has 0 spiro atoms. The van der Waals surface area contributed by atoms with E-state index in [2.05, 4.69) is 24.1 Å². The van der Waals surface area contributed by atoms with E-state index in [-0.39, 0.29) is 24.2 Å². The van der Waals surface area contributed by atoms with Crippen LogP contribution in [0.4, 0.5) is 0 Å². The van der Waals surface area contributed by atoms with E-state index in [0.29, 0.717) is 0 Å². The van der Waals surface area contributed by atoms with E-state index in [9.17, 15) is 4.79 Å². The summed E-state index contributed by atoms with van der Waals surface area (Å²) in [7, 11) is 1.76. The predicted octanol–water partition coefficient (Wildman–Crippen LogP) is -0.441. The van der Waals surface area contributed by atoms with Gasteiger partial charge in [-0.05, 0) is 27.3 Å². The van der Waals surface area contributed by atoms with Crippen molar-refractivity contribution in [1.82, 2.24) is 10.2 Å². The summed E-state index contributed by atoms with van der Waals surface area (Å²) in [4.78, 5) is 13.4. The van der Waals surface area contributed by atoms with Crippen LogP contribution in [-0.2, 0) is 9.53 Å². The summed E-state index contributed by atoms with van der Waals surface area (Å²) in [6.07, 6.45) is 1.29. The Balaban J connectivity index is 2.33. The van der Waals surface area contributed by atoms with Crippen LogP contribution in [0.1, 0.15) is 20.3 Å². The van der Waals surface area contributed by atoms with Crippen molar-refractivity contribution in [3.63, 3.8) is 0 Å². The maximum absolute atomic E-state index is 11.0. The van der Waals surface area contributed by atoms with Gasteiger partial charge in [-0.25, -0.2) is 0 Å². The van der Waals surface area contributed by atoms with E-state index < -0.39 is 0 Å². The Hall–Kier alpha value is -0.650. The lowest BCUT2D eigenvalue weighted by molar-refractivity contribution is -0.120. The van der Waals surface area contributed by atoms with Gasteiger partial charge in [-0.2, -0.15) is 0 Å². The molecule has 0 saturated carbocycles. The van der Waals surface area contributed by atoms with Gasteiger partial charge in [0, 0.05) is 19.6 Å². The van der Waals surface area contributed by atoms with Gasteiger partial charge in [0.25, 0.3) is 0 Å². The van der Waals surface area contributed by atoms with Gasteiger partial charge in [0.1, 0.15) is 0 Å². The van der Waals surface area contributed by atoms with Crippen molar-refractivity contribution in [3.8, 4) is 0 Å². The minimum Gasteiger partial charge on any atom is -0.373 e. The van der Waals surface area contributed by atoms with Crippen molar-refractivity contribution in [3.05, 3.63) is 0 Å². The molecule has 5 nitrogen and oxygen atoms in total. The molecule has 1 aliphatic rings. The van der Waals surface area contributed by atoms with E-state index >= 15 is 0 Å². The first-order chi connectivity index (χ1) is 7.52. The zero-order valence-corrected chi connectivity index (χ0v) is 10.4. The summed E-state index contributed by atoms with van der Waals surface area (Å²) >= 11 is 0. The van der Waals surface area contributed by atoms with Gasteiger partial charge in [0.05, 0.1) is 18.2 Å². The van der Waals surface area contributed by atoms with Crippen LogP contribution < -0.4 is 11.1 Å². The molecule has 0 aromatic carbocycles. The number of nitrogens with one attached hydrogen (secondary N) is 1. The average Bonchev–Trinajstić information content (AvgIpc) is 2.16. The lowest BCUT2D eigenvalue weighted by Crippen LogP contribution is -2.48. The molecule has 1 fully saturated rings. The number of amides is 1. The quantitative estimate of drug-likeness (QED) is 0.670. The second-order valence-electron chi connectivity index (χ2n) is 4.55. The molecule has 1 aliphatic heterocycles. The Morgan fingerprint density at radius 2 is 2.06 bits per heavy atom. The molecule has 0 aromatic heterocycles. The number of rotatable bonds is 5. The second kappa shape index (κ2) is 6.18. The number of nitrogens with zero attached hydrogens (tertiary/aromatic N) is 1. The van der Waals surface area contributed by atoms with Crippen LogP contribution >= 0.6 is 0 Å². The standard InChI is InChI=1S/C11H23N3O2/c1-8-6-14(7-9(2)16-8)5-4-10(13-3)11(12)15/h8-10,13H,4-7H2,1-3H3,(H2,12,15)/t8-,9+,10?. The zero-order valence-electron chi connectivity index (χ0n) is 10.4. The Morgan fingerprint density at radius 1 is 1.50 bits per heavy atom. The van der Waals surface area contributed by atoms with Crippen molar-refractivity contribution < 1.29 is 9.53 Å². The largest absolute Gasteiger partial charge is 0.373 e. The Morgan fingerprint density at radius 3 is 2.50 bits per heavy atom. The fourth-order valence-electron chi connectivity index (χ4n) is 2.21. The number of ether oxygens (including phenoxy) is 1. The molecule has 94 valence electrons. The van der Waals surface area contributed by atoms with Gasteiger partial charge in [0.15, 0.2) is 0 Å². The number of hydrogen-bond acceptors (Lipinski definition) is 4. The van der Waals surface area contributed by atoms with Crippen LogP contribution in [0.5, 0.6) is 0 Å². The second-order valence-corrected chi connectivity index (χ2v) is 4.55. The van der Waals surface area contributed by atoms with E-state index in [0.717, 1.165) is 26.1 Å². The van der Waals surface area contributed by atoms with Gasteiger partial charge in [0.2, 0.25) is 5.91 Å². The molecule has 0 radical (unpaired) electrons. The van der Waals surface area contributed by atoms with E-state index in [1.807, 2.05) is 0 Å². The van der Waals surface area contributed by atoms with Gasteiger partial charge in [-0.3, -0.25) is 9.69 Å². The van der Waals surface area contributed by atoms with Crippen molar-refractivity contribution in [1.29, 1.82) is 0 Å². The van der Waals surface area contributed by atoms with Gasteiger partial charge in [-0.15, -0.1) is 0 Å². The minimum absolute atomic E-state index is 0.228. The molecule has 5 heteroatoms. The van der Waals surface area contributed by atoms with Crippen molar-refractivity contribution >= 4 is 5.91 Å². The maximum atomic E-state index is 11.0. The molecule has 1 amide bonds. The maximum Gasteiger partial charge on any atom is 0.234 e. The molecule has 3 atom stereocenters. The average molecular weight is 229 g/mol. The Labute approximate surface area is 97.3 Å². The molecule has 1 saturated heterocycles. The normalized spacial score (nSPS) is 28.9. The van der Waals surface area contributed by atoms with E-state index in [1.54, 1.807) is 7.05 Å². The van der Waals surface area contributed by atoms with Crippen LogP contribution in [0.15, 0.2) is 0 Å². The summed E-state index contributed by atoms with van der Waals surface area (Å²) in [5.41, 5.74) is 5.27. The molecule has 1 rings (SSSR count). The van der Waals surface area contributed by atoms with Crippen LogP contribution in [0.25, 0.3) is 0 Å². The van der Waals surface area contributed by atoms with E-state index in [1.165, 1.54) is 0 Å². The first kappa shape index (κ1) is 13.4. The third kappa shape index (κ3) is 4.08. The summed E-state index contributed by atoms with van der Waals surface area (Å²) in [6.45, 7) is 6.89. The summed E-state index contributed by atoms with van der Waals surface area (Å²) in [6, 6.07) is -0.228. The lowest BCUT2D eigenvalue weighted by Gasteiger charge is -2.35. The third-order valence-electron chi connectivity index (χ3n) is 2.92. The number of hydrogen-bond donors (Lipinski definition) is 2. The molecular formula is C11H23N3O2. The van der Waals surface area contributed by atoms with Crippen molar-refractivity contribution in [2.45, 2.75) is 38.5 Å². The number of likely N-dealkylation sites (N-methyl/N-ethyl adjacent to an activating group) is 1. The minimum atomic E-state index is -0.281. The first-order valence-electron chi connectivity index (χ1n) is 5.87. The molecule has 1 heterocycles. The van der Waals surface area contributed by atoms with E-state index in [4.69, 9.17) is 10.5 Å². The van der Waals surface area contributed by atoms with Crippen LogP contribution in [0.2, 0.25) is 0 Å². The number of carbonyl (C=O) groups is 1. The van der Waals surface area contributed by atoms with Crippen LogP contribution in [0, 0.1) is 0 Å². The molecule has 1 unspecified atom stereocenters. The summed E-state index contributed by atoms with van der Waals surface area (Å²) < 4.78 is 5.65. The number of carbonyl (C=O) groups excluding carboxylic acids is 1. The smallest absolute Gasteiger partial charge is 0.234 e. The summed E-state index contributed by atoms with van der Waals surface area (Å²) in [5.74, 6) is -0.281. The third-order valence-corrected chi connectivity index (χ3v) is 2.92. The highest BCUT2D eigenvalue weighted by molar-refractivity contribution is 5.79. The lowest BCUT2D eigenvalue weighted by atomic mass is 10.1. The number of morpholine rings is 1. The molecule has 0 aliphatic carbocycles. The van der Waals surface area contributed by atoms with Gasteiger partial charge < -0.3 is 15.8 Å². The highest BCUT2D eigenvalue weighted by atomic mass is 16.5. The first-order valence-corrected chi connectivity index (χ1v) is 5.87. The van der Waals surface area contributed by atoms with Gasteiger partial charge >= 0.3 is 0 Å². The van der Waals surface area contributed by atoms with Crippen molar-refractivity contribution in [2.24, 2.45) is 5.73 Å². The van der Waals surface area contributed by atoms with Gasteiger partial charge in [-0.1, -0.05) is 0 Å². The predicted molar refractivity (Wildman–Crippen MR) is 63.1 cm³/mol. The highest BCUT2D eigenvalue weighted by Crippen LogP contribution is 2.11. The zero-order chi connectivity index (χ0) is 12.1. The van der Waals surface area contributed by atoms with Crippen molar-refractivity contribution in [2.75, 3.05) is 26.7 Å². The number of nitrogens with two attached hydrogens (primary N) is 1. The molecular weight excluding hydrogens is 206 g/mol.